The van der Waals surface area contributed by atoms with Gasteiger partial charge in [-0.3, -0.25) is 0 Å². The molecular weight excluding hydrogens is 302 g/mol. The van der Waals surface area contributed by atoms with Crippen LogP contribution in [0.1, 0.15) is 56.6 Å². The van der Waals surface area contributed by atoms with E-state index in [2.05, 4.69) is 52.9 Å². The third-order valence-electron chi connectivity index (χ3n) is 4.87. The Kier molecular flexibility index (Phi) is 4.55. The SMILES string of the molecule is CCn1cnnc1CNC(=O)N[C@@H]1CCC(C)(C)c2ccccc21. The third kappa shape index (κ3) is 3.27. The number of nitrogens with one attached hydrogen (secondary N) is 2. The lowest BCUT2D eigenvalue weighted by Gasteiger charge is -2.37. The van der Waals surface area contributed by atoms with Gasteiger partial charge < -0.3 is 15.2 Å². The number of carbonyl (C=O) groups is 1. The largest absolute Gasteiger partial charge is 0.331 e. The Balaban J connectivity index is 1.65. The van der Waals surface area contributed by atoms with Gasteiger partial charge in [-0.25, -0.2) is 4.79 Å². The number of urea groups is 1. The van der Waals surface area contributed by atoms with Gasteiger partial charge in [-0.2, -0.15) is 0 Å². The number of aromatic nitrogens is 3. The van der Waals surface area contributed by atoms with Crippen molar-refractivity contribution >= 4 is 6.03 Å². The molecule has 2 amide bonds. The van der Waals surface area contributed by atoms with Crippen LogP contribution in [0.5, 0.6) is 0 Å². The first kappa shape index (κ1) is 16.5. The molecule has 0 saturated carbocycles. The van der Waals surface area contributed by atoms with Crippen LogP contribution in [0.4, 0.5) is 4.79 Å². The standard InChI is InChI=1S/C18H25N5O/c1-4-23-12-20-22-16(23)11-19-17(24)21-15-9-10-18(2,3)14-8-6-5-7-13(14)15/h5-8,12,15H,4,9-11H2,1-3H3,(H2,19,21,24)/t15-/m1/s1. The highest BCUT2D eigenvalue weighted by Crippen LogP contribution is 2.41. The molecule has 3 rings (SSSR count). The molecule has 6 nitrogen and oxygen atoms in total. The zero-order valence-electron chi connectivity index (χ0n) is 14.5. The fourth-order valence-corrected chi connectivity index (χ4v) is 3.41. The fourth-order valence-electron chi connectivity index (χ4n) is 3.41. The smallest absolute Gasteiger partial charge is 0.315 e. The van der Waals surface area contributed by atoms with E-state index in [0.717, 1.165) is 25.2 Å². The summed E-state index contributed by atoms with van der Waals surface area (Å²) in [6, 6.07) is 8.29. The molecule has 1 atom stereocenters. The minimum absolute atomic E-state index is 0.0540. The van der Waals surface area contributed by atoms with Gasteiger partial charge in [0.25, 0.3) is 0 Å². The van der Waals surface area contributed by atoms with Gasteiger partial charge in [-0.05, 0) is 36.3 Å². The van der Waals surface area contributed by atoms with Crippen molar-refractivity contribution in [3.8, 4) is 0 Å². The summed E-state index contributed by atoms with van der Waals surface area (Å²) in [5, 5.41) is 13.9. The van der Waals surface area contributed by atoms with Crippen LogP contribution >= 0.6 is 0 Å². The van der Waals surface area contributed by atoms with Crippen LogP contribution in [0.3, 0.4) is 0 Å². The predicted octanol–water partition coefficient (Wildman–Crippen LogP) is 2.91. The Labute approximate surface area is 142 Å². The summed E-state index contributed by atoms with van der Waals surface area (Å²) in [7, 11) is 0. The summed E-state index contributed by atoms with van der Waals surface area (Å²) >= 11 is 0. The molecule has 0 fully saturated rings. The van der Waals surface area contributed by atoms with Crippen LogP contribution in [0.15, 0.2) is 30.6 Å². The number of carbonyl (C=O) groups excluding carboxylic acids is 1. The van der Waals surface area contributed by atoms with Crippen molar-refractivity contribution in [3.05, 3.63) is 47.5 Å². The second-order valence-corrected chi connectivity index (χ2v) is 6.92. The van der Waals surface area contributed by atoms with E-state index in [-0.39, 0.29) is 17.5 Å². The molecule has 0 radical (unpaired) electrons. The molecule has 0 unspecified atom stereocenters. The van der Waals surface area contributed by atoms with Gasteiger partial charge >= 0.3 is 6.03 Å². The summed E-state index contributed by atoms with van der Waals surface area (Å²) < 4.78 is 1.92. The van der Waals surface area contributed by atoms with E-state index in [1.54, 1.807) is 6.33 Å². The molecule has 0 aliphatic heterocycles. The van der Waals surface area contributed by atoms with Gasteiger partial charge in [-0.1, -0.05) is 38.1 Å². The second-order valence-electron chi connectivity index (χ2n) is 6.92. The Morgan fingerprint density at radius 3 is 2.96 bits per heavy atom. The van der Waals surface area contributed by atoms with Crippen LogP contribution in [0.25, 0.3) is 0 Å². The summed E-state index contributed by atoms with van der Waals surface area (Å²) in [6.07, 6.45) is 3.68. The number of fused-ring (bicyclic) bond motifs is 1. The first-order chi connectivity index (χ1) is 11.5. The molecule has 6 heteroatoms. The highest BCUT2D eigenvalue weighted by Gasteiger charge is 2.32. The number of benzene rings is 1. The van der Waals surface area contributed by atoms with E-state index < -0.39 is 0 Å². The number of hydrogen-bond donors (Lipinski definition) is 2. The number of nitrogens with zero attached hydrogens (tertiary/aromatic N) is 3. The maximum absolute atomic E-state index is 12.3. The highest BCUT2D eigenvalue weighted by molar-refractivity contribution is 5.74. The van der Waals surface area contributed by atoms with Gasteiger partial charge in [0.1, 0.15) is 6.33 Å². The quantitative estimate of drug-likeness (QED) is 0.907. The monoisotopic (exact) mass is 327 g/mol. The zero-order chi connectivity index (χ0) is 17.2. The normalized spacial score (nSPS) is 18.7. The maximum Gasteiger partial charge on any atom is 0.315 e. The Morgan fingerprint density at radius 1 is 1.38 bits per heavy atom. The molecule has 1 aliphatic rings. The van der Waals surface area contributed by atoms with E-state index in [9.17, 15) is 4.79 Å². The van der Waals surface area contributed by atoms with Crippen LogP contribution in [-0.4, -0.2) is 20.8 Å². The predicted molar refractivity (Wildman–Crippen MR) is 92.5 cm³/mol. The third-order valence-corrected chi connectivity index (χ3v) is 4.87. The lowest BCUT2D eigenvalue weighted by Crippen LogP contribution is -2.41. The number of hydrogen-bond acceptors (Lipinski definition) is 3. The average molecular weight is 327 g/mol. The van der Waals surface area contributed by atoms with Gasteiger partial charge in [0.2, 0.25) is 0 Å². The van der Waals surface area contributed by atoms with Crippen molar-refractivity contribution in [1.29, 1.82) is 0 Å². The maximum atomic E-state index is 12.3. The van der Waals surface area contributed by atoms with Crippen molar-refractivity contribution in [2.75, 3.05) is 0 Å². The van der Waals surface area contributed by atoms with Crippen LogP contribution in [-0.2, 0) is 18.5 Å². The van der Waals surface area contributed by atoms with Crippen LogP contribution < -0.4 is 10.6 Å². The minimum atomic E-state index is -0.167. The zero-order valence-corrected chi connectivity index (χ0v) is 14.5. The van der Waals surface area contributed by atoms with Crippen LogP contribution in [0, 0.1) is 0 Å². The fraction of sp³-hybridized carbons (Fsp3) is 0.500. The van der Waals surface area contributed by atoms with Gasteiger partial charge in [0.05, 0.1) is 12.6 Å². The summed E-state index contributed by atoms with van der Waals surface area (Å²) in [5.74, 6) is 0.762. The number of aryl methyl sites for hydroxylation is 1. The van der Waals surface area contributed by atoms with Gasteiger partial charge in [0.15, 0.2) is 5.82 Å². The Hall–Kier alpha value is -2.37. The molecule has 1 aromatic heterocycles. The number of amides is 2. The first-order valence-electron chi connectivity index (χ1n) is 8.51. The van der Waals surface area contributed by atoms with E-state index in [1.807, 2.05) is 17.6 Å². The lowest BCUT2D eigenvalue weighted by molar-refractivity contribution is 0.232. The van der Waals surface area contributed by atoms with Crippen molar-refractivity contribution in [1.82, 2.24) is 25.4 Å². The molecule has 1 aromatic carbocycles. The molecule has 1 aliphatic carbocycles. The molecule has 0 saturated heterocycles. The molecule has 0 spiro atoms. The van der Waals surface area contributed by atoms with Crippen molar-refractivity contribution < 1.29 is 4.79 Å². The molecule has 2 N–H and O–H groups in total. The first-order valence-corrected chi connectivity index (χ1v) is 8.51. The molecule has 128 valence electrons. The summed E-state index contributed by atoms with van der Waals surface area (Å²) in [6.45, 7) is 7.71. The lowest BCUT2D eigenvalue weighted by atomic mass is 9.71. The van der Waals surface area contributed by atoms with Crippen LogP contribution in [0.2, 0.25) is 0 Å². The van der Waals surface area contributed by atoms with Crippen molar-refractivity contribution in [2.45, 2.75) is 58.2 Å². The Morgan fingerprint density at radius 2 is 2.17 bits per heavy atom. The van der Waals surface area contributed by atoms with E-state index in [4.69, 9.17) is 0 Å². The average Bonchev–Trinajstić information content (AvgIpc) is 3.03. The topological polar surface area (TPSA) is 71.8 Å². The second kappa shape index (κ2) is 6.63. The van der Waals surface area contributed by atoms with E-state index in [1.165, 1.54) is 11.1 Å². The number of rotatable bonds is 4. The molecule has 0 bridgehead atoms. The Bertz CT molecular complexity index is 722. The summed E-state index contributed by atoms with van der Waals surface area (Å²) in [4.78, 5) is 12.3. The molecule has 1 heterocycles. The molecule has 2 aromatic rings. The van der Waals surface area contributed by atoms with Gasteiger partial charge in [0, 0.05) is 6.54 Å². The molecular formula is C18H25N5O. The summed E-state index contributed by atoms with van der Waals surface area (Å²) in [5.41, 5.74) is 2.70. The van der Waals surface area contributed by atoms with Gasteiger partial charge in [-0.15, -0.1) is 10.2 Å². The van der Waals surface area contributed by atoms with Crippen molar-refractivity contribution in [2.24, 2.45) is 0 Å². The highest BCUT2D eigenvalue weighted by atomic mass is 16.2. The van der Waals surface area contributed by atoms with Crippen molar-refractivity contribution in [3.63, 3.8) is 0 Å². The van der Waals surface area contributed by atoms with E-state index in [0.29, 0.717) is 6.54 Å². The molecule has 24 heavy (non-hydrogen) atoms. The van der Waals surface area contributed by atoms with E-state index >= 15 is 0 Å². The minimum Gasteiger partial charge on any atom is -0.331 e.